The van der Waals surface area contributed by atoms with E-state index < -0.39 is 41.0 Å². The van der Waals surface area contributed by atoms with Crippen LogP contribution in [-0.4, -0.2) is 34.6 Å². The van der Waals surface area contributed by atoms with Crippen LogP contribution >= 0.6 is 0 Å². The smallest absolute Gasteiger partial charge is 0.338 e. The Kier molecular flexibility index (Phi) is 6.34. The molecule has 0 amide bonds. The van der Waals surface area contributed by atoms with E-state index in [4.69, 9.17) is 15.2 Å². The molecule has 150 valence electrons. The zero-order chi connectivity index (χ0) is 21.0. The summed E-state index contributed by atoms with van der Waals surface area (Å²) in [5.74, 6) is -2.95. The molecule has 0 radical (unpaired) electrons. The van der Waals surface area contributed by atoms with Crippen molar-refractivity contribution in [2.45, 2.75) is 19.9 Å². The van der Waals surface area contributed by atoms with E-state index in [-0.39, 0.29) is 23.7 Å². The lowest BCUT2D eigenvalue weighted by molar-refractivity contribution is 0.0473. The van der Waals surface area contributed by atoms with E-state index in [2.05, 4.69) is 0 Å². The largest absolute Gasteiger partial charge is 0.494 e. The predicted octanol–water partition coefficient (Wildman–Crippen LogP) is 0.727. The molecule has 2 rings (SSSR count). The molecule has 0 spiro atoms. The number of halogens is 1. The van der Waals surface area contributed by atoms with Crippen molar-refractivity contribution in [3.05, 3.63) is 56.0 Å². The number of ether oxygens (including phenoxy) is 2. The maximum absolute atomic E-state index is 13.7. The first kappa shape index (κ1) is 20.9. The number of carbonyl (C=O) groups excluding carboxylic acids is 2. The summed E-state index contributed by atoms with van der Waals surface area (Å²) in [4.78, 5) is 48.9. The van der Waals surface area contributed by atoms with Gasteiger partial charge in [-0.15, -0.1) is 0 Å². The number of hydrogen-bond acceptors (Lipinski definition) is 7. The third kappa shape index (κ3) is 3.95. The van der Waals surface area contributed by atoms with Crippen molar-refractivity contribution in [1.82, 2.24) is 9.13 Å². The fraction of sp³-hybridized carbons (Fsp3) is 0.333. The van der Waals surface area contributed by atoms with Gasteiger partial charge in [0.05, 0.1) is 12.7 Å². The first-order chi connectivity index (χ1) is 13.2. The van der Waals surface area contributed by atoms with E-state index in [1.54, 1.807) is 6.92 Å². The zero-order valence-corrected chi connectivity index (χ0v) is 15.7. The number of nitrogens with two attached hydrogens (primary N) is 1. The van der Waals surface area contributed by atoms with Crippen LogP contribution in [0.1, 0.15) is 34.1 Å². The predicted molar refractivity (Wildman–Crippen MR) is 98.2 cm³/mol. The van der Waals surface area contributed by atoms with Crippen LogP contribution < -0.4 is 21.7 Å². The Labute approximate surface area is 159 Å². The van der Waals surface area contributed by atoms with Crippen molar-refractivity contribution in [3.63, 3.8) is 0 Å². The summed E-state index contributed by atoms with van der Waals surface area (Å²) in [5.41, 5.74) is 3.73. The van der Waals surface area contributed by atoms with Gasteiger partial charge in [-0.25, -0.2) is 14.0 Å². The van der Waals surface area contributed by atoms with Crippen molar-refractivity contribution in [1.29, 1.82) is 0 Å². The van der Waals surface area contributed by atoms with E-state index in [1.165, 1.54) is 26.3 Å². The monoisotopic (exact) mass is 393 g/mol. The maximum atomic E-state index is 13.7. The number of benzene rings is 1. The number of ketones is 1. The molecule has 0 unspecified atom stereocenters. The second kappa shape index (κ2) is 8.51. The van der Waals surface area contributed by atoms with Gasteiger partial charge >= 0.3 is 11.7 Å². The van der Waals surface area contributed by atoms with Crippen LogP contribution in [0, 0.1) is 5.82 Å². The SMILES string of the molecule is CCCn1c(N)c(C(=O)COC(=O)c2ccc(OC)c(F)c2)c(=O)n(C)c1=O. The summed E-state index contributed by atoms with van der Waals surface area (Å²) in [7, 11) is 2.50. The molecule has 1 heterocycles. The van der Waals surface area contributed by atoms with Gasteiger partial charge in [0.15, 0.2) is 18.2 Å². The average molecular weight is 393 g/mol. The molecule has 0 bridgehead atoms. The Balaban J connectivity index is 2.26. The molecule has 0 aliphatic rings. The van der Waals surface area contributed by atoms with Crippen molar-refractivity contribution in [3.8, 4) is 5.75 Å². The number of carbonyl (C=O) groups is 2. The zero-order valence-electron chi connectivity index (χ0n) is 15.7. The summed E-state index contributed by atoms with van der Waals surface area (Å²) < 4.78 is 25.2. The Morgan fingerprint density at radius 2 is 1.93 bits per heavy atom. The quantitative estimate of drug-likeness (QED) is 0.543. The molecular weight excluding hydrogens is 373 g/mol. The molecule has 0 aliphatic carbocycles. The van der Waals surface area contributed by atoms with Crippen LogP contribution in [0.25, 0.3) is 0 Å². The minimum atomic E-state index is -0.966. The number of rotatable bonds is 7. The van der Waals surface area contributed by atoms with Gasteiger partial charge in [-0.3, -0.25) is 18.7 Å². The van der Waals surface area contributed by atoms with Crippen LogP contribution in [0.2, 0.25) is 0 Å². The second-order valence-electron chi connectivity index (χ2n) is 5.91. The summed E-state index contributed by atoms with van der Waals surface area (Å²) in [6.07, 6.45) is 0.550. The summed E-state index contributed by atoms with van der Waals surface area (Å²) in [6.45, 7) is 1.22. The lowest BCUT2D eigenvalue weighted by atomic mass is 10.2. The molecular formula is C18H20FN3O6. The van der Waals surface area contributed by atoms with Gasteiger partial charge in [0, 0.05) is 13.6 Å². The van der Waals surface area contributed by atoms with Gasteiger partial charge in [-0.05, 0) is 24.6 Å². The highest BCUT2D eigenvalue weighted by Gasteiger charge is 2.23. The van der Waals surface area contributed by atoms with E-state index in [0.29, 0.717) is 6.42 Å². The van der Waals surface area contributed by atoms with Crippen molar-refractivity contribution >= 4 is 17.6 Å². The Bertz CT molecular complexity index is 1040. The van der Waals surface area contributed by atoms with Crippen molar-refractivity contribution in [2.75, 3.05) is 19.5 Å². The molecule has 1 aromatic carbocycles. The lowest BCUT2D eigenvalue weighted by Gasteiger charge is -2.14. The van der Waals surface area contributed by atoms with Gasteiger partial charge < -0.3 is 15.2 Å². The first-order valence-corrected chi connectivity index (χ1v) is 8.36. The molecule has 0 aliphatic heterocycles. The van der Waals surface area contributed by atoms with Crippen LogP contribution in [-0.2, 0) is 18.3 Å². The van der Waals surface area contributed by atoms with Gasteiger partial charge in [-0.1, -0.05) is 6.92 Å². The summed E-state index contributed by atoms with van der Waals surface area (Å²) in [5, 5.41) is 0. The molecule has 0 saturated heterocycles. The molecule has 0 fully saturated rings. The molecule has 2 N–H and O–H groups in total. The normalized spacial score (nSPS) is 10.6. The van der Waals surface area contributed by atoms with E-state index in [1.807, 2.05) is 0 Å². The molecule has 0 atom stereocenters. The highest BCUT2D eigenvalue weighted by Crippen LogP contribution is 2.18. The fourth-order valence-corrected chi connectivity index (χ4v) is 2.56. The molecule has 10 heteroatoms. The number of aromatic nitrogens is 2. The molecule has 28 heavy (non-hydrogen) atoms. The first-order valence-electron chi connectivity index (χ1n) is 8.36. The van der Waals surface area contributed by atoms with Crippen LogP contribution in [0.15, 0.2) is 27.8 Å². The molecule has 1 aromatic heterocycles. The van der Waals surface area contributed by atoms with Crippen molar-refractivity contribution in [2.24, 2.45) is 7.05 Å². The number of anilines is 1. The lowest BCUT2D eigenvalue weighted by Crippen LogP contribution is -2.43. The van der Waals surface area contributed by atoms with E-state index in [9.17, 15) is 23.6 Å². The standard InChI is InChI=1S/C18H20FN3O6/c1-4-7-22-15(20)14(16(24)21(2)18(22)26)12(23)9-28-17(25)10-5-6-13(27-3)11(19)8-10/h5-6,8H,4,7,9,20H2,1-3H3. The van der Waals surface area contributed by atoms with Crippen LogP contribution in [0.4, 0.5) is 10.2 Å². The number of nitrogen functional groups attached to an aromatic ring is 1. The van der Waals surface area contributed by atoms with E-state index >= 15 is 0 Å². The highest BCUT2D eigenvalue weighted by molar-refractivity contribution is 6.02. The minimum Gasteiger partial charge on any atom is -0.494 e. The van der Waals surface area contributed by atoms with Gasteiger partial charge in [0.2, 0.25) is 5.78 Å². The third-order valence-electron chi connectivity index (χ3n) is 4.03. The van der Waals surface area contributed by atoms with Gasteiger partial charge in [0.25, 0.3) is 5.56 Å². The maximum Gasteiger partial charge on any atom is 0.338 e. The number of hydrogen-bond donors (Lipinski definition) is 1. The molecule has 9 nitrogen and oxygen atoms in total. The Hall–Kier alpha value is -3.43. The second-order valence-corrected chi connectivity index (χ2v) is 5.91. The highest BCUT2D eigenvalue weighted by atomic mass is 19.1. The Morgan fingerprint density at radius 3 is 2.50 bits per heavy atom. The number of esters is 1. The van der Waals surface area contributed by atoms with Gasteiger partial charge in [-0.2, -0.15) is 0 Å². The summed E-state index contributed by atoms with van der Waals surface area (Å²) >= 11 is 0. The fourth-order valence-electron chi connectivity index (χ4n) is 2.56. The van der Waals surface area contributed by atoms with Crippen LogP contribution in [0.3, 0.4) is 0 Å². The minimum absolute atomic E-state index is 0.0536. The molecule has 2 aromatic rings. The third-order valence-corrected chi connectivity index (χ3v) is 4.03. The number of Topliss-reactive ketones (excluding diaryl/α,β-unsaturated/α-hetero) is 1. The topological polar surface area (TPSA) is 123 Å². The van der Waals surface area contributed by atoms with Crippen LogP contribution in [0.5, 0.6) is 5.75 Å². The Morgan fingerprint density at radius 1 is 1.25 bits per heavy atom. The van der Waals surface area contributed by atoms with E-state index in [0.717, 1.165) is 15.2 Å². The summed E-state index contributed by atoms with van der Waals surface area (Å²) in [6, 6.07) is 3.41. The number of nitrogens with zero attached hydrogens (tertiary/aromatic N) is 2. The van der Waals surface area contributed by atoms with Gasteiger partial charge in [0.1, 0.15) is 11.4 Å². The average Bonchev–Trinajstić information content (AvgIpc) is 2.67. The van der Waals surface area contributed by atoms with Crippen molar-refractivity contribution < 1.29 is 23.5 Å². The number of methoxy groups -OCH3 is 1. The molecule has 0 saturated carbocycles.